The molecule has 0 aromatic heterocycles. The van der Waals surface area contributed by atoms with Crippen LogP contribution in [0.4, 0.5) is 0 Å². The molecular formula is C18H30. The minimum absolute atomic E-state index is 0.693. The second-order valence-electron chi connectivity index (χ2n) is 7.99. The third-order valence-corrected chi connectivity index (χ3v) is 6.27. The smallest absolute Gasteiger partial charge is 0.0147 e. The summed E-state index contributed by atoms with van der Waals surface area (Å²) in [6.45, 7) is 7.42. The standard InChI is InChI=1S/C18H30/c1-13-4-7-17(13)14(2)8-10-18(3)11-9-16(12-18)15-5-6-15/h4,7,13-17H,5-6,8-12H2,1-3H3. The van der Waals surface area contributed by atoms with Gasteiger partial charge in [-0.2, -0.15) is 0 Å². The van der Waals surface area contributed by atoms with Crippen molar-refractivity contribution in [1.82, 2.24) is 0 Å². The van der Waals surface area contributed by atoms with Crippen molar-refractivity contribution in [3.8, 4) is 0 Å². The molecule has 0 nitrogen and oxygen atoms in total. The first-order valence-electron chi connectivity index (χ1n) is 8.26. The van der Waals surface area contributed by atoms with Gasteiger partial charge in [0.25, 0.3) is 0 Å². The van der Waals surface area contributed by atoms with E-state index in [9.17, 15) is 0 Å². The second kappa shape index (κ2) is 4.69. The van der Waals surface area contributed by atoms with Gasteiger partial charge >= 0.3 is 0 Å². The van der Waals surface area contributed by atoms with Crippen molar-refractivity contribution in [1.29, 1.82) is 0 Å². The van der Waals surface area contributed by atoms with E-state index < -0.39 is 0 Å². The average molecular weight is 246 g/mol. The molecule has 2 saturated carbocycles. The van der Waals surface area contributed by atoms with Gasteiger partial charge in [-0.05, 0) is 80.0 Å². The molecule has 0 N–H and O–H groups in total. The van der Waals surface area contributed by atoms with Crippen LogP contribution in [0.15, 0.2) is 12.2 Å². The van der Waals surface area contributed by atoms with Crippen molar-refractivity contribution in [3.63, 3.8) is 0 Å². The van der Waals surface area contributed by atoms with Gasteiger partial charge in [0.15, 0.2) is 0 Å². The molecule has 0 aromatic carbocycles. The Bertz CT molecular complexity index is 325. The Hall–Kier alpha value is -0.260. The molecule has 3 aliphatic rings. The monoisotopic (exact) mass is 246 g/mol. The van der Waals surface area contributed by atoms with E-state index in [1.807, 2.05) is 0 Å². The molecule has 0 spiro atoms. The maximum absolute atomic E-state index is 2.57. The number of hydrogen-bond acceptors (Lipinski definition) is 0. The molecule has 3 aliphatic carbocycles. The molecule has 2 fully saturated rings. The Kier molecular flexibility index (Phi) is 3.32. The van der Waals surface area contributed by atoms with Crippen LogP contribution in [0.1, 0.15) is 65.7 Å². The van der Waals surface area contributed by atoms with Crippen LogP contribution < -0.4 is 0 Å². The third-order valence-electron chi connectivity index (χ3n) is 6.27. The Morgan fingerprint density at radius 2 is 1.94 bits per heavy atom. The van der Waals surface area contributed by atoms with Crippen molar-refractivity contribution < 1.29 is 0 Å². The summed E-state index contributed by atoms with van der Waals surface area (Å²) >= 11 is 0. The quantitative estimate of drug-likeness (QED) is 0.566. The van der Waals surface area contributed by atoms with Gasteiger partial charge in [0.05, 0.1) is 0 Å². The van der Waals surface area contributed by atoms with Crippen LogP contribution >= 0.6 is 0 Å². The van der Waals surface area contributed by atoms with Crippen LogP contribution in [0.2, 0.25) is 0 Å². The highest BCUT2D eigenvalue weighted by atomic mass is 14.5. The molecule has 0 amide bonds. The Labute approximate surface area is 113 Å². The molecule has 3 rings (SSSR count). The van der Waals surface area contributed by atoms with Gasteiger partial charge in [0.2, 0.25) is 0 Å². The summed E-state index contributed by atoms with van der Waals surface area (Å²) in [7, 11) is 0. The first kappa shape index (κ1) is 12.8. The summed E-state index contributed by atoms with van der Waals surface area (Å²) in [5.74, 6) is 4.87. The summed E-state index contributed by atoms with van der Waals surface area (Å²) in [4.78, 5) is 0. The highest BCUT2D eigenvalue weighted by Crippen LogP contribution is 2.53. The van der Waals surface area contributed by atoms with Crippen molar-refractivity contribution in [2.75, 3.05) is 0 Å². The molecule has 5 atom stereocenters. The highest BCUT2D eigenvalue weighted by molar-refractivity contribution is 5.08. The summed E-state index contributed by atoms with van der Waals surface area (Å²) < 4.78 is 0. The highest BCUT2D eigenvalue weighted by Gasteiger charge is 2.42. The molecule has 0 aliphatic heterocycles. The largest absolute Gasteiger partial charge is 0.0848 e. The normalized spacial score (nSPS) is 44.9. The van der Waals surface area contributed by atoms with Gasteiger partial charge in [-0.1, -0.05) is 32.9 Å². The molecule has 0 radical (unpaired) electrons. The van der Waals surface area contributed by atoms with Crippen LogP contribution in [0, 0.1) is 35.0 Å². The first-order chi connectivity index (χ1) is 8.57. The first-order valence-corrected chi connectivity index (χ1v) is 8.26. The van der Waals surface area contributed by atoms with E-state index in [0.717, 1.165) is 29.6 Å². The topological polar surface area (TPSA) is 0 Å². The van der Waals surface area contributed by atoms with E-state index in [0.29, 0.717) is 5.41 Å². The van der Waals surface area contributed by atoms with Crippen molar-refractivity contribution in [3.05, 3.63) is 12.2 Å². The Morgan fingerprint density at radius 3 is 2.50 bits per heavy atom. The van der Waals surface area contributed by atoms with Gasteiger partial charge in [-0.3, -0.25) is 0 Å². The lowest BCUT2D eigenvalue weighted by molar-refractivity contribution is 0.225. The molecule has 0 aromatic rings. The van der Waals surface area contributed by atoms with Gasteiger partial charge in [0.1, 0.15) is 0 Å². The zero-order valence-corrected chi connectivity index (χ0v) is 12.5. The third kappa shape index (κ3) is 2.53. The molecule has 0 heterocycles. The lowest BCUT2D eigenvalue weighted by atomic mass is 9.71. The second-order valence-corrected chi connectivity index (χ2v) is 7.99. The Balaban J connectivity index is 1.46. The molecule has 102 valence electrons. The number of rotatable bonds is 5. The van der Waals surface area contributed by atoms with E-state index in [-0.39, 0.29) is 0 Å². The van der Waals surface area contributed by atoms with E-state index in [4.69, 9.17) is 0 Å². The van der Waals surface area contributed by atoms with Gasteiger partial charge in [-0.25, -0.2) is 0 Å². The summed E-state index contributed by atoms with van der Waals surface area (Å²) in [5, 5.41) is 0. The fourth-order valence-corrected chi connectivity index (χ4v) is 4.51. The summed E-state index contributed by atoms with van der Waals surface area (Å²) in [6, 6.07) is 0. The van der Waals surface area contributed by atoms with Crippen molar-refractivity contribution in [2.24, 2.45) is 35.0 Å². The minimum Gasteiger partial charge on any atom is -0.0848 e. The van der Waals surface area contributed by atoms with E-state index in [2.05, 4.69) is 32.9 Å². The van der Waals surface area contributed by atoms with Gasteiger partial charge in [0, 0.05) is 0 Å². The molecule has 0 bridgehead atoms. The van der Waals surface area contributed by atoms with Gasteiger partial charge < -0.3 is 0 Å². The fraction of sp³-hybridized carbons (Fsp3) is 0.889. The lowest BCUT2D eigenvalue weighted by Crippen LogP contribution is -2.24. The van der Waals surface area contributed by atoms with E-state index in [1.54, 1.807) is 19.3 Å². The number of allylic oxidation sites excluding steroid dienone is 2. The van der Waals surface area contributed by atoms with Gasteiger partial charge in [-0.15, -0.1) is 0 Å². The van der Waals surface area contributed by atoms with Crippen LogP contribution in [-0.4, -0.2) is 0 Å². The summed E-state index contributed by atoms with van der Waals surface area (Å²) in [6.07, 6.45) is 15.4. The van der Waals surface area contributed by atoms with Crippen LogP contribution in [0.3, 0.4) is 0 Å². The molecular weight excluding hydrogens is 216 g/mol. The van der Waals surface area contributed by atoms with E-state index >= 15 is 0 Å². The predicted octanol–water partition coefficient (Wildman–Crippen LogP) is 5.44. The zero-order valence-electron chi connectivity index (χ0n) is 12.5. The average Bonchev–Trinajstić information content (AvgIpc) is 3.09. The fourth-order valence-electron chi connectivity index (χ4n) is 4.51. The van der Waals surface area contributed by atoms with Crippen molar-refractivity contribution in [2.45, 2.75) is 65.7 Å². The number of hydrogen-bond donors (Lipinski definition) is 0. The maximum atomic E-state index is 2.57. The maximum Gasteiger partial charge on any atom is -0.0147 e. The molecule has 0 heteroatoms. The minimum atomic E-state index is 0.693. The van der Waals surface area contributed by atoms with E-state index in [1.165, 1.54) is 25.7 Å². The Morgan fingerprint density at radius 1 is 1.17 bits per heavy atom. The predicted molar refractivity (Wildman–Crippen MR) is 78.4 cm³/mol. The van der Waals surface area contributed by atoms with Crippen LogP contribution in [0.5, 0.6) is 0 Å². The van der Waals surface area contributed by atoms with Crippen molar-refractivity contribution >= 4 is 0 Å². The van der Waals surface area contributed by atoms with Crippen LogP contribution in [-0.2, 0) is 0 Å². The lowest BCUT2D eigenvalue weighted by Gasteiger charge is -2.34. The molecule has 5 unspecified atom stereocenters. The van der Waals surface area contributed by atoms with Crippen LogP contribution in [0.25, 0.3) is 0 Å². The zero-order chi connectivity index (χ0) is 12.8. The summed E-state index contributed by atoms with van der Waals surface area (Å²) in [5.41, 5.74) is 0.693. The molecule has 0 saturated heterocycles. The molecule has 18 heavy (non-hydrogen) atoms. The SMILES string of the molecule is CC1C=CC1C(C)CCC1(C)CCC(C2CC2)C1.